The molecular formula is C16H14O8. The lowest BCUT2D eigenvalue weighted by molar-refractivity contribution is -0.131. The summed E-state index contributed by atoms with van der Waals surface area (Å²) in [6.07, 6.45) is 0. The Morgan fingerprint density at radius 2 is 1.08 bits per heavy atom. The third kappa shape index (κ3) is 4.29. The van der Waals surface area contributed by atoms with Crippen LogP contribution in [-0.4, -0.2) is 34.1 Å². The molecule has 0 aliphatic carbocycles. The van der Waals surface area contributed by atoms with E-state index in [4.69, 9.17) is 9.47 Å². The van der Waals surface area contributed by atoms with Crippen LogP contribution in [-0.2, 0) is 9.59 Å². The summed E-state index contributed by atoms with van der Waals surface area (Å²) in [5.41, 5.74) is -1.14. The van der Waals surface area contributed by atoms with Gasteiger partial charge < -0.3 is 19.7 Å². The summed E-state index contributed by atoms with van der Waals surface area (Å²) in [6.45, 7) is 9.36. The zero-order valence-corrected chi connectivity index (χ0v) is 12.9. The molecule has 0 saturated carbocycles. The smallest absolute Gasteiger partial charge is 0.339 e. The highest BCUT2D eigenvalue weighted by Crippen LogP contribution is 2.30. The van der Waals surface area contributed by atoms with Crippen molar-refractivity contribution >= 4 is 23.9 Å². The van der Waals surface area contributed by atoms with Gasteiger partial charge in [0, 0.05) is 23.3 Å². The van der Waals surface area contributed by atoms with Crippen LogP contribution in [0.2, 0.25) is 0 Å². The lowest BCUT2D eigenvalue weighted by Gasteiger charge is -2.12. The molecule has 126 valence electrons. The summed E-state index contributed by atoms with van der Waals surface area (Å²) in [5, 5.41) is 18.4. The Morgan fingerprint density at radius 1 is 0.792 bits per heavy atom. The molecular weight excluding hydrogens is 320 g/mol. The van der Waals surface area contributed by atoms with E-state index in [1.807, 2.05) is 0 Å². The number of carbonyl (C=O) groups is 4. The van der Waals surface area contributed by atoms with Crippen molar-refractivity contribution in [1.29, 1.82) is 0 Å². The quantitative estimate of drug-likeness (QED) is 0.459. The molecule has 0 radical (unpaired) electrons. The van der Waals surface area contributed by atoms with Gasteiger partial charge >= 0.3 is 23.9 Å². The van der Waals surface area contributed by atoms with Crippen LogP contribution in [0.5, 0.6) is 11.5 Å². The average molecular weight is 334 g/mol. The number of hydrogen-bond acceptors (Lipinski definition) is 6. The maximum atomic E-state index is 11.6. The fraction of sp³-hybridized carbons (Fsp3) is 0.125. The van der Waals surface area contributed by atoms with Crippen molar-refractivity contribution in [2.24, 2.45) is 0 Å². The fourth-order valence-corrected chi connectivity index (χ4v) is 1.44. The van der Waals surface area contributed by atoms with Crippen molar-refractivity contribution in [1.82, 2.24) is 0 Å². The second kappa shape index (κ2) is 7.23. The van der Waals surface area contributed by atoms with Gasteiger partial charge in [0.15, 0.2) is 0 Å². The minimum atomic E-state index is -1.51. The number of benzene rings is 1. The number of carboxylic acid groups (broad SMARTS) is 2. The summed E-state index contributed by atoms with van der Waals surface area (Å²) in [4.78, 5) is 45.7. The van der Waals surface area contributed by atoms with Gasteiger partial charge in [0.05, 0.1) is 0 Å². The van der Waals surface area contributed by atoms with Gasteiger partial charge in [0.2, 0.25) is 0 Å². The van der Waals surface area contributed by atoms with Gasteiger partial charge in [-0.05, 0) is 13.8 Å². The van der Waals surface area contributed by atoms with Crippen molar-refractivity contribution in [2.45, 2.75) is 13.8 Å². The fourth-order valence-electron chi connectivity index (χ4n) is 1.44. The number of carboxylic acids is 2. The first-order valence-electron chi connectivity index (χ1n) is 6.44. The minimum absolute atomic E-state index is 0.0130. The number of esters is 2. The van der Waals surface area contributed by atoms with Crippen molar-refractivity contribution in [3.05, 3.63) is 47.6 Å². The molecule has 0 saturated heterocycles. The number of aromatic carboxylic acids is 2. The highest BCUT2D eigenvalue weighted by atomic mass is 16.5. The standard InChI is InChI=1S/C16H14O8/c1-7(2)15(21)23-11-5-10(14(19)20)12(6-9(11)13(17)18)24-16(22)8(3)4/h5-6H,1,3H2,2,4H3,(H,17,18)(H,19,20). The second-order valence-corrected chi connectivity index (χ2v) is 4.79. The molecule has 0 heterocycles. The average Bonchev–Trinajstić information content (AvgIpc) is 2.47. The molecule has 1 aromatic rings. The van der Waals surface area contributed by atoms with E-state index < -0.39 is 46.5 Å². The molecule has 0 fully saturated rings. The highest BCUT2D eigenvalue weighted by molar-refractivity contribution is 6.00. The third-order valence-electron chi connectivity index (χ3n) is 2.64. The third-order valence-corrected chi connectivity index (χ3v) is 2.64. The van der Waals surface area contributed by atoms with Gasteiger partial charge in [-0.3, -0.25) is 0 Å². The van der Waals surface area contributed by atoms with Gasteiger partial charge in [-0.25, -0.2) is 19.2 Å². The predicted molar refractivity (Wildman–Crippen MR) is 81.3 cm³/mol. The highest BCUT2D eigenvalue weighted by Gasteiger charge is 2.24. The van der Waals surface area contributed by atoms with Crippen LogP contribution in [0.25, 0.3) is 0 Å². The van der Waals surface area contributed by atoms with E-state index in [1.165, 1.54) is 13.8 Å². The lowest BCUT2D eigenvalue weighted by atomic mass is 10.1. The van der Waals surface area contributed by atoms with Crippen molar-refractivity contribution < 1.29 is 38.9 Å². The Balaban J connectivity index is 3.49. The predicted octanol–water partition coefficient (Wildman–Crippen LogP) is 2.05. The molecule has 8 heteroatoms. The van der Waals surface area contributed by atoms with E-state index in [0.29, 0.717) is 0 Å². The summed E-state index contributed by atoms with van der Waals surface area (Å²) in [5.74, 6) is -5.90. The Bertz CT molecular complexity index is 707. The van der Waals surface area contributed by atoms with Crippen LogP contribution in [0, 0.1) is 0 Å². The normalized spacial score (nSPS) is 9.75. The van der Waals surface area contributed by atoms with Crippen molar-refractivity contribution in [3.63, 3.8) is 0 Å². The van der Waals surface area contributed by atoms with Crippen LogP contribution in [0.3, 0.4) is 0 Å². The molecule has 2 N–H and O–H groups in total. The molecule has 0 amide bonds. The van der Waals surface area contributed by atoms with Gasteiger partial charge in [0.25, 0.3) is 0 Å². The minimum Gasteiger partial charge on any atom is -0.478 e. The molecule has 0 spiro atoms. The Kier molecular flexibility index (Phi) is 5.61. The number of rotatable bonds is 6. The molecule has 8 nitrogen and oxygen atoms in total. The van der Waals surface area contributed by atoms with Gasteiger partial charge in [-0.1, -0.05) is 13.2 Å². The van der Waals surface area contributed by atoms with Crippen molar-refractivity contribution in [3.8, 4) is 11.5 Å². The van der Waals surface area contributed by atoms with E-state index in [1.54, 1.807) is 0 Å². The zero-order chi connectivity index (χ0) is 18.6. The second-order valence-electron chi connectivity index (χ2n) is 4.79. The topological polar surface area (TPSA) is 127 Å². The van der Waals surface area contributed by atoms with E-state index in [0.717, 1.165) is 12.1 Å². The Hall–Kier alpha value is -3.42. The monoisotopic (exact) mass is 334 g/mol. The molecule has 1 rings (SSSR count). The maximum absolute atomic E-state index is 11.6. The summed E-state index contributed by atoms with van der Waals surface area (Å²) >= 11 is 0. The number of ether oxygens (including phenoxy) is 2. The molecule has 1 aromatic carbocycles. The van der Waals surface area contributed by atoms with Crippen LogP contribution < -0.4 is 9.47 Å². The summed E-state index contributed by atoms with van der Waals surface area (Å²) < 4.78 is 9.65. The van der Waals surface area contributed by atoms with Crippen LogP contribution in [0.4, 0.5) is 0 Å². The molecule has 0 unspecified atom stereocenters. The number of carbonyl (C=O) groups excluding carboxylic acids is 2. The SMILES string of the molecule is C=C(C)C(=O)Oc1cc(C(=O)O)c(OC(=O)C(=C)C)cc1C(=O)O. The van der Waals surface area contributed by atoms with Crippen LogP contribution in [0.15, 0.2) is 36.4 Å². The molecule has 0 aromatic heterocycles. The zero-order valence-electron chi connectivity index (χ0n) is 12.9. The van der Waals surface area contributed by atoms with E-state index in [9.17, 15) is 29.4 Å². The van der Waals surface area contributed by atoms with E-state index in [-0.39, 0.29) is 11.1 Å². The first-order chi connectivity index (χ1) is 11.0. The molecule has 0 bridgehead atoms. The number of hydrogen-bond donors (Lipinski definition) is 2. The Morgan fingerprint density at radius 3 is 1.29 bits per heavy atom. The molecule has 0 atom stereocenters. The summed E-state index contributed by atoms with van der Waals surface area (Å²) in [7, 11) is 0. The van der Waals surface area contributed by atoms with Crippen LogP contribution in [0.1, 0.15) is 34.6 Å². The van der Waals surface area contributed by atoms with Gasteiger partial charge in [-0.2, -0.15) is 0 Å². The Labute approximate surface area is 136 Å². The first-order valence-corrected chi connectivity index (χ1v) is 6.44. The maximum Gasteiger partial charge on any atom is 0.339 e. The van der Waals surface area contributed by atoms with Crippen LogP contribution >= 0.6 is 0 Å². The van der Waals surface area contributed by atoms with Gasteiger partial charge in [-0.15, -0.1) is 0 Å². The van der Waals surface area contributed by atoms with Gasteiger partial charge in [0.1, 0.15) is 22.6 Å². The van der Waals surface area contributed by atoms with Crippen molar-refractivity contribution in [2.75, 3.05) is 0 Å². The lowest BCUT2D eigenvalue weighted by Crippen LogP contribution is -2.15. The molecule has 0 aliphatic rings. The molecule has 0 aliphatic heterocycles. The molecule has 24 heavy (non-hydrogen) atoms. The van der Waals surface area contributed by atoms with E-state index in [2.05, 4.69) is 13.2 Å². The summed E-state index contributed by atoms with van der Waals surface area (Å²) in [6, 6.07) is 1.57. The first kappa shape index (κ1) is 18.6. The van der Waals surface area contributed by atoms with E-state index >= 15 is 0 Å². The largest absolute Gasteiger partial charge is 0.478 e.